The molecule has 0 aliphatic carbocycles. The number of ether oxygens (including phenoxy) is 1. The van der Waals surface area contributed by atoms with E-state index in [0.717, 1.165) is 16.5 Å². The Hall–Kier alpha value is -3.18. The monoisotopic (exact) mass is 353 g/mol. The Labute approximate surface area is 150 Å². The smallest absolute Gasteiger partial charge is 0.254 e. The zero-order chi connectivity index (χ0) is 18.4. The quantitative estimate of drug-likeness (QED) is 0.636. The van der Waals surface area contributed by atoms with Crippen LogP contribution in [0.2, 0.25) is 0 Å². The molecule has 0 radical (unpaired) electrons. The van der Waals surface area contributed by atoms with Crippen LogP contribution in [-0.4, -0.2) is 53.8 Å². The number of benzene rings is 1. The highest BCUT2D eigenvalue weighted by Gasteiger charge is 2.18. The van der Waals surface area contributed by atoms with Crippen LogP contribution in [-0.2, 0) is 20.9 Å². The van der Waals surface area contributed by atoms with Crippen LogP contribution < -0.4 is 5.43 Å². The van der Waals surface area contributed by atoms with Gasteiger partial charge in [0.15, 0.2) is 0 Å². The van der Waals surface area contributed by atoms with Crippen molar-refractivity contribution in [2.45, 2.75) is 13.0 Å². The first-order chi connectivity index (χ1) is 12.7. The summed E-state index contributed by atoms with van der Waals surface area (Å²) in [6, 6.07) is 9.45. The van der Waals surface area contributed by atoms with E-state index >= 15 is 0 Å². The second kappa shape index (κ2) is 8.27. The molecule has 8 nitrogen and oxygen atoms in total. The Kier molecular flexibility index (Phi) is 5.61. The van der Waals surface area contributed by atoms with Crippen LogP contribution in [0, 0.1) is 11.3 Å². The molecule has 0 unspecified atom stereocenters. The molecule has 1 aliphatic rings. The first-order valence-corrected chi connectivity index (χ1v) is 8.31. The Balaban J connectivity index is 1.78. The minimum atomic E-state index is -0.463. The van der Waals surface area contributed by atoms with Gasteiger partial charge in [-0.15, -0.1) is 0 Å². The summed E-state index contributed by atoms with van der Waals surface area (Å²) < 4.78 is 7.16. The van der Waals surface area contributed by atoms with Crippen LogP contribution in [0.1, 0.15) is 12.0 Å². The molecular formula is C18H19N5O3. The number of hydrogen-bond donors (Lipinski definition) is 1. The third kappa shape index (κ3) is 4.07. The predicted molar refractivity (Wildman–Crippen MR) is 95.3 cm³/mol. The van der Waals surface area contributed by atoms with E-state index in [4.69, 9.17) is 10.00 Å². The van der Waals surface area contributed by atoms with Gasteiger partial charge in [0.25, 0.3) is 5.91 Å². The highest BCUT2D eigenvalue weighted by Crippen LogP contribution is 2.20. The summed E-state index contributed by atoms with van der Waals surface area (Å²) in [6.45, 7) is 2.58. The Bertz CT molecular complexity index is 875. The van der Waals surface area contributed by atoms with E-state index in [1.807, 2.05) is 35.0 Å². The highest BCUT2D eigenvalue weighted by atomic mass is 16.5. The maximum absolute atomic E-state index is 12.5. The first-order valence-electron chi connectivity index (χ1n) is 8.31. The summed E-state index contributed by atoms with van der Waals surface area (Å²) in [7, 11) is 0. The van der Waals surface area contributed by atoms with Gasteiger partial charge in [-0.2, -0.15) is 10.4 Å². The van der Waals surface area contributed by atoms with Gasteiger partial charge in [0.05, 0.1) is 25.5 Å². The van der Waals surface area contributed by atoms with Gasteiger partial charge in [-0.05, 0) is 6.07 Å². The van der Waals surface area contributed by atoms with Gasteiger partial charge in [-0.1, -0.05) is 18.2 Å². The molecule has 26 heavy (non-hydrogen) atoms. The molecule has 0 spiro atoms. The van der Waals surface area contributed by atoms with Gasteiger partial charge >= 0.3 is 0 Å². The lowest BCUT2D eigenvalue weighted by Crippen LogP contribution is -2.42. The van der Waals surface area contributed by atoms with Crippen molar-refractivity contribution in [1.82, 2.24) is 14.9 Å². The number of morpholine rings is 1. The van der Waals surface area contributed by atoms with Gasteiger partial charge in [0, 0.05) is 35.8 Å². The third-order valence-corrected chi connectivity index (χ3v) is 4.12. The lowest BCUT2D eigenvalue weighted by atomic mass is 10.2. The Morgan fingerprint density at radius 1 is 1.31 bits per heavy atom. The minimum Gasteiger partial charge on any atom is -0.378 e. The molecule has 0 saturated carbocycles. The van der Waals surface area contributed by atoms with Gasteiger partial charge in [-0.3, -0.25) is 9.59 Å². The van der Waals surface area contributed by atoms with Crippen LogP contribution in [0.5, 0.6) is 0 Å². The molecule has 1 aromatic carbocycles. The average molecular weight is 353 g/mol. The molecule has 1 N–H and O–H groups in total. The van der Waals surface area contributed by atoms with E-state index in [0.29, 0.717) is 26.3 Å². The van der Waals surface area contributed by atoms with E-state index < -0.39 is 5.91 Å². The van der Waals surface area contributed by atoms with Crippen LogP contribution in [0.25, 0.3) is 10.9 Å². The molecule has 0 atom stereocenters. The van der Waals surface area contributed by atoms with Crippen molar-refractivity contribution < 1.29 is 14.3 Å². The number of carbonyl (C=O) groups excluding carboxylic acids is 2. The minimum absolute atomic E-state index is 0.0415. The second-order valence-electron chi connectivity index (χ2n) is 5.85. The van der Waals surface area contributed by atoms with Crippen molar-refractivity contribution in [2.24, 2.45) is 5.10 Å². The van der Waals surface area contributed by atoms with Crippen molar-refractivity contribution in [1.29, 1.82) is 5.26 Å². The van der Waals surface area contributed by atoms with Crippen molar-refractivity contribution in [2.75, 3.05) is 26.3 Å². The highest BCUT2D eigenvalue weighted by molar-refractivity contribution is 6.00. The maximum Gasteiger partial charge on any atom is 0.254 e. The number of nitriles is 1. The summed E-state index contributed by atoms with van der Waals surface area (Å²) in [5, 5.41) is 13.3. The largest absolute Gasteiger partial charge is 0.378 e. The van der Waals surface area contributed by atoms with Crippen LogP contribution in [0.3, 0.4) is 0 Å². The van der Waals surface area contributed by atoms with Gasteiger partial charge in [-0.25, -0.2) is 5.43 Å². The number of fused-ring (bicyclic) bond motifs is 1. The number of rotatable bonds is 5. The number of nitrogens with zero attached hydrogens (tertiary/aromatic N) is 4. The van der Waals surface area contributed by atoms with Gasteiger partial charge in [0.2, 0.25) is 5.91 Å². The summed E-state index contributed by atoms with van der Waals surface area (Å²) in [5.41, 5.74) is 4.01. The van der Waals surface area contributed by atoms with Crippen LogP contribution >= 0.6 is 0 Å². The molecule has 2 amide bonds. The average Bonchev–Trinajstić information content (AvgIpc) is 3.00. The van der Waals surface area contributed by atoms with E-state index in [1.165, 1.54) is 6.21 Å². The molecule has 3 rings (SSSR count). The Morgan fingerprint density at radius 3 is 2.85 bits per heavy atom. The third-order valence-electron chi connectivity index (χ3n) is 4.12. The molecule has 1 aromatic heterocycles. The maximum atomic E-state index is 12.5. The van der Waals surface area contributed by atoms with Gasteiger partial charge < -0.3 is 14.2 Å². The molecule has 0 bridgehead atoms. The zero-order valence-electron chi connectivity index (χ0n) is 14.2. The lowest BCUT2D eigenvalue weighted by Gasteiger charge is -2.27. The first kappa shape index (κ1) is 17.6. The van der Waals surface area contributed by atoms with E-state index in [2.05, 4.69) is 10.5 Å². The molecule has 2 aromatic rings. The molecule has 8 heteroatoms. The number of nitrogens with one attached hydrogen (secondary N) is 1. The fourth-order valence-corrected chi connectivity index (χ4v) is 2.85. The summed E-state index contributed by atoms with van der Waals surface area (Å²) in [4.78, 5) is 25.6. The molecule has 1 saturated heterocycles. The number of hydrazone groups is 1. The zero-order valence-corrected chi connectivity index (χ0v) is 14.2. The topological polar surface area (TPSA) is 99.7 Å². The molecule has 1 aliphatic heterocycles. The molecular weight excluding hydrogens is 334 g/mol. The van der Waals surface area contributed by atoms with Crippen molar-refractivity contribution in [3.63, 3.8) is 0 Å². The number of carbonyl (C=O) groups is 2. The fraction of sp³-hybridized carbons (Fsp3) is 0.333. The molecule has 2 heterocycles. The van der Waals surface area contributed by atoms with Gasteiger partial charge in [0.1, 0.15) is 13.0 Å². The van der Waals surface area contributed by atoms with Crippen molar-refractivity contribution >= 4 is 28.9 Å². The number of amides is 2. The van der Waals surface area contributed by atoms with Crippen LogP contribution in [0.15, 0.2) is 35.6 Å². The fourth-order valence-electron chi connectivity index (χ4n) is 2.85. The number of aromatic nitrogens is 1. The van der Waals surface area contributed by atoms with E-state index in [-0.39, 0.29) is 18.9 Å². The van der Waals surface area contributed by atoms with E-state index in [9.17, 15) is 9.59 Å². The summed E-state index contributed by atoms with van der Waals surface area (Å²) in [6.07, 6.45) is 3.11. The van der Waals surface area contributed by atoms with Crippen molar-refractivity contribution in [3.8, 4) is 6.07 Å². The SMILES string of the molecule is N#CCC(=O)N/N=C/c1cn(CC(=O)N2CCOCC2)c2ccccc12. The predicted octanol–water partition coefficient (Wildman–Crippen LogP) is 0.864. The number of para-hydroxylation sites is 1. The summed E-state index contributed by atoms with van der Waals surface area (Å²) in [5.74, 6) is -0.421. The lowest BCUT2D eigenvalue weighted by molar-refractivity contribution is -0.135. The molecule has 134 valence electrons. The van der Waals surface area contributed by atoms with Crippen LogP contribution in [0.4, 0.5) is 0 Å². The Morgan fingerprint density at radius 2 is 2.08 bits per heavy atom. The second-order valence-corrected chi connectivity index (χ2v) is 5.85. The molecule has 1 fully saturated rings. The number of hydrogen-bond acceptors (Lipinski definition) is 5. The van der Waals surface area contributed by atoms with E-state index in [1.54, 1.807) is 11.0 Å². The standard InChI is InChI=1S/C18H19N5O3/c19-6-5-17(24)21-20-11-14-12-23(16-4-2-1-3-15(14)16)13-18(25)22-7-9-26-10-8-22/h1-4,11-12H,5,7-10,13H2,(H,21,24)/b20-11+. The normalized spacial score (nSPS) is 14.5. The van der Waals surface area contributed by atoms with Crippen molar-refractivity contribution in [3.05, 3.63) is 36.0 Å². The summed E-state index contributed by atoms with van der Waals surface area (Å²) >= 11 is 0.